The van der Waals surface area contributed by atoms with Crippen LogP contribution in [0.25, 0.3) is 0 Å². The van der Waals surface area contributed by atoms with Gasteiger partial charge in [-0.1, -0.05) is 53.4 Å². The molecular weight excluding hydrogens is 314 g/mol. The molecule has 0 bridgehead atoms. The van der Waals surface area contributed by atoms with E-state index in [2.05, 4.69) is 20.8 Å². The lowest BCUT2D eigenvalue weighted by molar-refractivity contribution is -0.927. The monoisotopic (exact) mass is 356 g/mol. The molecule has 0 aliphatic heterocycles. The summed E-state index contributed by atoms with van der Waals surface area (Å²) in [7, 11) is 0. The van der Waals surface area contributed by atoms with Crippen molar-refractivity contribution in [3.8, 4) is 0 Å². The summed E-state index contributed by atoms with van der Waals surface area (Å²) in [4.78, 5) is 11.6. The van der Waals surface area contributed by atoms with Gasteiger partial charge in [-0.15, -0.1) is 0 Å². The fourth-order valence-electron chi connectivity index (χ4n) is 3.42. The van der Waals surface area contributed by atoms with E-state index < -0.39 is 5.97 Å². The van der Waals surface area contributed by atoms with Gasteiger partial charge in [0.25, 0.3) is 0 Å². The maximum atomic E-state index is 11.6. The number of rotatable bonds is 16. The van der Waals surface area contributed by atoms with Crippen molar-refractivity contribution in [2.45, 2.75) is 85.5 Å². The van der Waals surface area contributed by atoms with Crippen molar-refractivity contribution >= 4 is 5.97 Å². The average molecular weight is 357 g/mol. The number of unbranched alkanes of at least 4 members (excludes halogenated alkanes) is 5. The molecule has 25 heavy (non-hydrogen) atoms. The molecule has 0 rings (SSSR count). The first-order valence-corrected chi connectivity index (χ1v) is 10.4. The van der Waals surface area contributed by atoms with Crippen LogP contribution in [0.15, 0.2) is 11.8 Å². The summed E-state index contributed by atoms with van der Waals surface area (Å²) in [6, 6.07) is 0. The molecule has 4 heteroatoms. The lowest BCUT2D eigenvalue weighted by Crippen LogP contribution is -2.54. The number of quaternary nitrogens is 1. The Labute approximate surface area is 155 Å². The average Bonchev–Trinajstić information content (AvgIpc) is 2.59. The molecule has 0 saturated carbocycles. The van der Waals surface area contributed by atoms with Crippen molar-refractivity contribution < 1.29 is 19.5 Å². The smallest absolute Gasteiger partial charge is 0.312 e. The topological polar surface area (TPSA) is 57.5 Å². The Hall–Kier alpha value is -1.03. The van der Waals surface area contributed by atoms with E-state index in [0.717, 1.165) is 51.6 Å². The SMILES string of the molecule is CCCCC/C=C(\O)C[N+](CCCC)(CCCC)CC(CC)C(=O)O. The number of aliphatic carboxylic acids is 1. The van der Waals surface area contributed by atoms with Crippen molar-refractivity contribution in [3.63, 3.8) is 0 Å². The van der Waals surface area contributed by atoms with E-state index in [1.54, 1.807) is 0 Å². The van der Waals surface area contributed by atoms with Gasteiger partial charge in [-0.25, -0.2) is 0 Å². The van der Waals surface area contributed by atoms with Gasteiger partial charge in [-0.3, -0.25) is 4.79 Å². The Bertz CT molecular complexity index is 371. The summed E-state index contributed by atoms with van der Waals surface area (Å²) in [6.07, 6.45) is 11.3. The van der Waals surface area contributed by atoms with E-state index >= 15 is 0 Å². The first-order chi connectivity index (χ1) is 11.9. The summed E-state index contributed by atoms with van der Waals surface area (Å²) in [5.74, 6) is -0.588. The highest BCUT2D eigenvalue weighted by Gasteiger charge is 2.33. The van der Waals surface area contributed by atoms with Gasteiger partial charge in [0.1, 0.15) is 18.2 Å². The normalized spacial score (nSPS) is 13.8. The number of nitrogens with zero attached hydrogens (tertiary/aromatic N) is 1. The summed E-state index contributed by atoms with van der Waals surface area (Å²) in [6.45, 7) is 11.6. The predicted molar refractivity (Wildman–Crippen MR) is 106 cm³/mol. The number of aliphatic hydroxyl groups excluding tert-OH is 1. The van der Waals surface area contributed by atoms with Crippen LogP contribution < -0.4 is 0 Å². The van der Waals surface area contributed by atoms with E-state index in [4.69, 9.17) is 0 Å². The number of carboxylic acids is 1. The zero-order valence-corrected chi connectivity index (χ0v) is 17.1. The molecule has 0 fully saturated rings. The second-order valence-electron chi connectivity index (χ2n) is 7.47. The van der Waals surface area contributed by atoms with Gasteiger partial charge in [0, 0.05) is 0 Å². The standard InChI is InChI=1S/C21H41NO3/c1-5-9-12-13-14-20(23)18-22(15-10-6-2,16-11-7-3)17-19(8-4)21(24)25/h14,19H,5-13,15-18H2,1-4H3,(H-,23,24,25)/p+1/b20-14-. The van der Waals surface area contributed by atoms with Gasteiger partial charge in [-0.2, -0.15) is 0 Å². The molecule has 0 saturated heterocycles. The highest BCUT2D eigenvalue weighted by molar-refractivity contribution is 5.69. The van der Waals surface area contributed by atoms with E-state index in [-0.39, 0.29) is 5.92 Å². The fourth-order valence-corrected chi connectivity index (χ4v) is 3.42. The molecule has 2 N–H and O–H groups in total. The molecule has 0 heterocycles. The molecule has 0 aromatic heterocycles. The molecule has 0 radical (unpaired) electrons. The minimum absolute atomic E-state index is 0.332. The minimum Gasteiger partial charge on any atom is -0.507 e. The zero-order valence-electron chi connectivity index (χ0n) is 17.1. The van der Waals surface area contributed by atoms with Crippen LogP contribution in [0.1, 0.15) is 85.5 Å². The summed E-state index contributed by atoms with van der Waals surface area (Å²) in [5.41, 5.74) is 0. The third-order valence-electron chi connectivity index (χ3n) is 5.11. The van der Waals surface area contributed by atoms with Gasteiger partial charge in [0.2, 0.25) is 0 Å². The quantitative estimate of drug-likeness (QED) is 0.217. The molecule has 0 aliphatic carbocycles. The van der Waals surface area contributed by atoms with E-state index in [1.165, 1.54) is 12.8 Å². The fraction of sp³-hybridized carbons (Fsp3) is 0.857. The van der Waals surface area contributed by atoms with Crippen LogP contribution in [0.5, 0.6) is 0 Å². The number of aliphatic hydroxyl groups is 1. The summed E-state index contributed by atoms with van der Waals surface area (Å²) < 4.78 is 0.711. The maximum Gasteiger partial charge on any atom is 0.312 e. The van der Waals surface area contributed by atoms with Crippen LogP contribution in [-0.2, 0) is 4.79 Å². The number of carbonyl (C=O) groups is 1. The van der Waals surface area contributed by atoms with Crippen molar-refractivity contribution in [2.75, 3.05) is 26.2 Å². The first-order valence-electron chi connectivity index (χ1n) is 10.4. The number of carboxylic acid groups (broad SMARTS) is 1. The van der Waals surface area contributed by atoms with Crippen LogP contribution in [0.4, 0.5) is 0 Å². The van der Waals surface area contributed by atoms with Gasteiger partial charge in [0.05, 0.1) is 19.6 Å². The maximum absolute atomic E-state index is 11.6. The Balaban J connectivity index is 5.23. The predicted octanol–water partition coefficient (Wildman–Crippen LogP) is 5.54. The Morgan fingerprint density at radius 3 is 1.92 bits per heavy atom. The van der Waals surface area contributed by atoms with Gasteiger partial charge in [0.15, 0.2) is 0 Å². The van der Waals surface area contributed by atoms with Crippen LogP contribution in [0.2, 0.25) is 0 Å². The number of hydrogen-bond donors (Lipinski definition) is 2. The molecule has 0 amide bonds. The number of allylic oxidation sites excluding steroid dienone is 1. The zero-order chi connectivity index (χ0) is 19.1. The van der Waals surface area contributed by atoms with Crippen LogP contribution in [0, 0.1) is 5.92 Å². The Kier molecular flexibility index (Phi) is 13.6. The van der Waals surface area contributed by atoms with Crippen LogP contribution in [0.3, 0.4) is 0 Å². The molecule has 0 aromatic rings. The number of hydrogen-bond acceptors (Lipinski definition) is 2. The second kappa shape index (κ2) is 14.2. The van der Waals surface area contributed by atoms with Crippen LogP contribution >= 0.6 is 0 Å². The first kappa shape index (κ1) is 24.0. The second-order valence-corrected chi connectivity index (χ2v) is 7.47. The molecule has 0 aromatic carbocycles. The summed E-state index contributed by atoms with van der Waals surface area (Å²) in [5, 5.41) is 20.0. The highest BCUT2D eigenvalue weighted by Crippen LogP contribution is 2.21. The van der Waals surface area contributed by atoms with Crippen molar-refractivity contribution in [2.24, 2.45) is 5.92 Å². The molecule has 4 nitrogen and oxygen atoms in total. The molecule has 0 aliphatic rings. The third-order valence-corrected chi connectivity index (χ3v) is 5.11. The molecule has 0 spiro atoms. The largest absolute Gasteiger partial charge is 0.507 e. The van der Waals surface area contributed by atoms with E-state index in [1.807, 2.05) is 13.0 Å². The molecule has 1 atom stereocenters. The Morgan fingerprint density at radius 1 is 0.920 bits per heavy atom. The van der Waals surface area contributed by atoms with Gasteiger partial charge in [-0.05, 0) is 38.2 Å². The molecule has 1 unspecified atom stereocenters. The Morgan fingerprint density at radius 2 is 1.48 bits per heavy atom. The van der Waals surface area contributed by atoms with E-state index in [0.29, 0.717) is 29.8 Å². The highest BCUT2D eigenvalue weighted by atomic mass is 16.4. The van der Waals surface area contributed by atoms with E-state index in [9.17, 15) is 15.0 Å². The molecule has 148 valence electrons. The van der Waals surface area contributed by atoms with Gasteiger partial charge < -0.3 is 14.7 Å². The third kappa shape index (κ3) is 10.5. The minimum atomic E-state index is -0.704. The van der Waals surface area contributed by atoms with Gasteiger partial charge >= 0.3 is 5.97 Å². The van der Waals surface area contributed by atoms with Crippen molar-refractivity contribution in [1.29, 1.82) is 0 Å². The van der Waals surface area contributed by atoms with Crippen molar-refractivity contribution in [3.05, 3.63) is 11.8 Å². The lowest BCUT2D eigenvalue weighted by atomic mass is 10.0. The molecular formula is C21H42NO3+. The lowest BCUT2D eigenvalue weighted by Gasteiger charge is -2.40. The van der Waals surface area contributed by atoms with Crippen LogP contribution in [-0.4, -0.2) is 46.8 Å². The summed E-state index contributed by atoms with van der Waals surface area (Å²) >= 11 is 0. The van der Waals surface area contributed by atoms with Crippen molar-refractivity contribution in [1.82, 2.24) is 0 Å².